The summed E-state index contributed by atoms with van der Waals surface area (Å²) in [7, 11) is 1.81. The minimum atomic E-state index is -0.527. The van der Waals surface area contributed by atoms with Crippen molar-refractivity contribution in [2.45, 2.75) is 50.3 Å². The fourth-order valence-electron chi connectivity index (χ4n) is 4.62. The molecule has 4 rings (SSSR count). The van der Waals surface area contributed by atoms with Gasteiger partial charge in [0.05, 0.1) is 22.9 Å². The Balaban J connectivity index is 1.50. The highest BCUT2D eigenvalue weighted by molar-refractivity contribution is 7.17. The van der Waals surface area contributed by atoms with Gasteiger partial charge in [-0.25, -0.2) is 0 Å². The van der Waals surface area contributed by atoms with Gasteiger partial charge in [-0.1, -0.05) is 18.9 Å². The fourth-order valence-corrected chi connectivity index (χ4v) is 5.81. The fraction of sp³-hybridized carbons (Fsp3) is 0.522. The second-order valence-electron chi connectivity index (χ2n) is 8.27. The highest BCUT2D eigenvalue weighted by atomic mass is 35.5. The summed E-state index contributed by atoms with van der Waals surface area (Å²) in [6.45, 7) is 0.604. The van der Waals surface area contributed by atoms with Crippen molar-refractivity contribution in [2.75, 3.05) is 19.5 Å². The van der Waals surface area contributed by atoms with Gasteiger partial charge in [0.15, 0.2) is 0 Å². The molecular formula is C23H28ClN3O3S. The second kappa shape index (κ2) is 10.1. The minimum Gasteiger partial charge on any atom is -0.375 e. The van der Waals surface area contributed by atoms with E-state index in [1.165, 1.54) is 11.3 Å². The molecule has 3 unspecified atom stereocenters. The molecule has 31 heavy (non-hydrogen) atoms. The topological polar surface area (TPSA) is 71.5 Å². The number of ether oxygens (including phenoxy) is 1. The number of alkyl halides is 1. The van der Waals surface area contributed by atoms with Gasteiger partial charge in [-0.3, -0.25) is 14.6 Å². The standard InChI is InChI=1S/C23H28ClN3O3S/c1-27(17-10-12-30-18(17)13-24)23(29)21(15-5-2-3-6-15)26-22(28)20-9-8-19(31-20)16-7-4-11-25-14-16/h4,7-9,11,14-15,17-18,21H,2-3,5-6,10,12-13H2,1H3,(H,26,28). The molecular weight excluding hydrogens is 434 g/mol. The van der Waals surface area contributed by atoms with Crippen LogP contribution in [-0.4, -0.2) is 59.4 Å². The molecule has 166 valence electrons. The summed E-state index contributed by atoms with van der Waals surface area (Å²) in [5, 5.41) is 3.07. The van der Waals surface area contributed by atoms with Crippen LogP contribution in [0.15, 0.2) is 36.7 Å². The maximum atomic E-state index is 13.5. The molecule has 2 amide bonds. The number of aromatic nitrogens is 1. The number of nitrogens with one attached hydrogen (secondary N) is 1. The van der Waals surface area contributed by atoms with Crippen LogP contribution in [0.3, 0.4) is 0 Å². The first kappa shape index (κ1) is 22.2. The zero-order chi connectivity index (χ0) is 21.8. The second-order valence-corrected chi connectivity index (χ2v) is 9.66. The molecule has 3 heterocycles. The lowest BCUT2D eigenvalue weighted by Gasteiger charge is -2.33. The molecule has 1 aliphatic carbocycles. The SMILES string of the molecule is CN(C(=O)C(NC(=O)c1ccc(-c2cccnc2)s1)C1CCCC1)C1CCOC1CCl. The minimum absolute atomic E-state index is 0.0464. The van der Waals surface area contributed by atoms with Crippen LogP contribution >= 0.6 is 22.9 Å². The smallest absolute Gasteiger partial charge is 0.262 e. The van der Waals surface area contributed by atoms with Crippen molar-refractivity contribution < 1.29 is 14.3 Å². The van der Waals surface area contributed by atoms with E-state index in [-0.39, 0.29) is 29.9 Å². The van der Waals surface area contributed by atoms with Crippen LogP contribution in [-0.2, 0) is 9.53 Å². The summed E-state index contributed by atoms with van der Waals surface area (Å²) < 4.78 is 5.67. The Kier molecular flexibility index (Phi) is 7.25. The monoisotopic (exact) mass is 461 g/mol. The molecule has 0 aromatic carbocycles. The molecule has 1 saturated carbocycles. The van der Waals surface area contributed by atoms with Gasteiger partial charge in [-0.2, -0.15) is 0 Å². The third kappa shape index (κ3) is 4.94. The lowest BCUT2D eigenvalue weighted by atomic mass is 9.95. The van der Waals surface area contributed by atoms with E-state index in [4.69, 9.17) is 16.3 Å². The van der Waals surface area contributed by atoms with Crippen molar-refractivity contribution >= 4 is 34.8 Å². The number of thiophene rings is 1. The summed E-state index contributed by atoms with van der Waals surface area (Å²) in [5.41, 5.74) is 0.975. The van der Waals surface area contributed by atoms with E-state index >= 15 is 0 Å². The van der Waals surface area contributed by atoms with E-state index in [0.29, 0.717) is 17.4 Å². The van der Waals surface area contributed by atoms with Crippen molar-refractivity contribution in [3.63, 3.8) is 0 Å². The van der Waals surface area contributed by atoms with Crippen LogP contribution in [0.5, 0.6) is 0 Å². The average molecular weight is 462 g/mol. The van der Waals surface area contributed by atoms with E-state index in [0.717, 1.165) is 42.5 Å². The van der Waals surface area contributed by atoms with Gasteiger partial charge in [0.2, 0.25) is 5.91 Å². The molecule has 2 aliphatic rings. The van der Waals surface area contributed by atoms with E-state index in [1.807, 2.05) is 24.3 Å². The molecule has 0 radical (unpaired) electrons. The molecule has 1 N–H and O–H groups in total. The predicted octanol–water partition coefficient (Wildman–Crippen LogP) is 3.95. The molecule has 3 atom stereocenters. The van der Waals surface area contributed by atoms with E-state index in [2.05, 4.69) is 10.3 Å². The molecule has 2 fully saturated rings. The number of nitrogens with zero attached hydrogens (tertiary/aromatic N) is 2. The van der Waals surface area contributed by atoms with Gasteiger partial charge in [0.25, 0.3) is 5.91 Å². The summed E-state index contributed by atoms with van der Waals surface area (Å²) >= 11 is 7.45. The number of carbonyl (C=O) groups is 2. The van der Waals surface area contributed by atoms with Gasteiger partial charge >= 0.3 is 0 Å². The summed E-state index contributed by atoms with van der Waals surface area (Å²) in [4.78, 5) is 34.0. The summed E-state index contributed by atoms with van der Waals surface area (Å²) in [6.07, 6.45) is 8.21. The molecule has 0 bridgehead atoms. The van der Waals surface area contributed by atoms with Gasteiger partial charge in [-0.05, 0) is 43.4 Å². The number of rotatable bonds is 7. The third-order valence-corrected chi connectivity index (χ3v) is 7.81. The van der Waals surface area contributed by atoms with Crippen LogP contribution in [0.25, 0.3) is 10.4 Å². The Hall–Kier alpha value is -1.96. The number of hydrogen-bond acceptors (Lipinski definition) is 5. The van der Waals surface area contributed by atoms with E-state index in [1.54, 1.807) is 24.3 Å². The number of pyridine rings is 1. The lowest BCUT2D eigenvalue weighted by molar-refractivity contribution is -0.136. The first-order valence-electron chi connectivity index (χ1n) is 10.8. The third-order valence-electron chi connectivity index (χ3n) is 6.37. The van der Waals surface area contributed by atoms with Gasteiger partial charge in [0, 0.05) is 36.5 Å². The highest BCUT2D eigenvalue weighted by Crippen LogP contribution is 2.31. The van der Waals surface area contributed by atoms with Crippen LogP contribution < -0.4 is 5.32 Å². The zero-order valence-corrected chi connectivity index (χ0v) is 19.2. The van der Waals surface area contributed by atoms with Crippen LogP contribution in [0.1, 0.15) is 41.8 Å². The average Bonchev–Trinajstić information content (AvgIpc) is 3.57. The maximum Gasteiger partial charge on any atom is 0.262 e. The van der Waals surface area contributed by atoms with Gasteiger partial charge in [0.1, 0.15) is 6.04 Å². The van der Waals surface area contributed by atoms with Crippen molar-refractivity contribution in [3.8, 4) is 10.4 Å². The quantitative estimate of drug-likeness (QED) is 0.633. The molecule has 6 nitrogen and oxygen atoms in total. The van der Waals surface area contributed by atoms with Crippen molar-refractivity contribution in [1.29, 1.82) is 0 Å². The normalized spacial score (nSPS) is 22.4. The van der Waals surface area contributed by atoms with Crippen molar-refractivity contribution in [1.82, 2.24) is 15.2 Å². The summed E-state index contributed by atoms with van der Waals surface area (Å²) in [5.74, 6) is 0.272. The van der Waals surface area contributed by atoms with Crippen molar-refractivity contribution in [2.24, 2.45) is 5.92 Å². The van der Waals surface area contributed by atoms with Crippen LogP contribution in [0, 0.1) is 5.92 Å². The molecule has 1 saturated heterocycles. The van der Waals surface area contributed by atoms with Crippen LogP contribution in [0.4, 0.5) is 0 Å². The van der Waals surface area contributed by atoms with E-state index < -0.39 is 6.04 Å². The lowest BCUT2D eigenvalue weighted by Crippen LogP contribution is -2.54. The zero-order valence-electron chi connectivity index (χ0n) is 17.6. The predicted molar refractivity (Wildman–Crippen MR) is 122 cm³/mol. The van der Waals surface area contributed by atoms with Crippen LogP contribution in [0.2, 0.25) is 0 Å². The van der Waals surface area contributed by atoms with Crippen molar-refractivity contribution in [3.05, 3.63) is 41.5 Å². The first-order valence-corrected chi connectivity index (χ1v) is 12.2. The Morgan fingerprint density at radius 3 is 2.81 bits per heavy atom. The molecule has 2 aromatic rings. The van der Waals surface area contributed by atoms with Gasteiger partial charge in [-0.15, -0.1) is 22.9 Å². The number of hydrogen-bond donors (Lipinski definition) is 1. The Morgan fingerprint density at radius 1 is 1.29 bits per heavy atom. The Bertz CT molecular complexity index is 900. The molecule has 8 heteroatoms. The molecule has 0 spiro atoms. The molecule has 2 aromatic heterocycles. The van der Waals surface area contributed by atoms with E-state index in [9.17, 15) is 9.59 Å². The number of amides is 2. The maximum absolute atomic E-state index is 13.5. The Labute approximate surface area is 191 Å². The largest absolute Gasteiger partial charge is 0.375 e. The first-order chi connectivity index (χ1) is 15.1. The number of likely N-dealkylation sites (N-methyl/N-ethyl adjacent to an activating group) is 1. The van der Waals surface area contributed by atoms with Gasteiger partial charge < -0.3 is 15.0 Å². The number of halogens is 1. The Morgan fingerprint density at radius 2 is 2.10 bits per heavy atom. The molecule has 1 aliphatic heterocycles. The highest BCUT2D eigenvalue weighted by Gasteiger charge is 2.39. The summed E-state index contributed by atoms with van der Waals surface area (Å²) in [6, 6.07) is 7.01. The number of carbonyl (C=O) groups excluding carboxylic acids is 2.